The Hall–Kier alpha value is -1.83. The second-order valence-corrected chi connectivity index (χ2v) is 13.2. The van der Waals surface area contributed by atoms with Crippen LogP contribution in [0.4, 0.5) is 0 Å². The highest BCUT2D eigenvalue weighted by Gasteiger charge is 2.42. The smallest absolute Gasteiger partial charge is 0.267 e. The number of aryl methyl sites for hydroxylation is 2. The molecular formula is C28H32ClN3O2S2. The van der Waals surface area contributed by atoms with Gasteiger partial charge in [0.15, 0.2) is 5.16 Å². The van der Waals surface area contributed by atoms with E-state index in [1.54, 1.807) is 15.9 Å². The molecule has 2 heterocycles. The van der Waals surface area contributed by atoms with Crippen LogP contribution in [0.25, 0.3) is 15.9 Å². The van der Waals surface area contributed by atoms with Gasteiger partial charge in [0.1, 0.15) is 4.83 Å². The summed E-state index contributed by atoms with van der Waals surface area (Å²) in [4.78, 5) is 34.0. The van der Waals surface area contributed by atoms with Gasteiger partial charge >= 0.3 is 0 Å². The number of carbonyl (C=O) groups is 1. The Morgan fingerprint density at radius 2 is 2.11 bits per heavy atom. The topological polar surface area (TPSA) is 64.0 Å². The molecule has 36 heavy (non-hydrogen) atoms. The largest absolute Gasteiger partial charge is 0.353 e. The van der Waals surface area contributed by atoms with Gasteiger partial charge in [-0.3, -0.25) is 14.2 Å². The molecule has 0 aliphatic heterocycles. The Morgan fingerprint density at radius 1 is 1.28 bits per heavy atom. The van der Waals surface area contributed by atoms with Gasteiger partial charge in [0, 0.05) is 15.9 Å². The summed E-state index contributed by atoms with van der Waals surface area (Å²) < 4.78 is 1.68. The molecule has 190 valence electrons. The third kappa shape index (κ3) is 4.31. The number of hydrogen-bond donors (Lipinski definition) is 1. The molecule has 3 aliphatic carbocycles. The number of halogens is 1. The minimum atomic E-state index is -0.0528. The molecular weight excluding hydrogens is 510 g/mol. The van der Waals surface area contributed by atoms with E-state index in [1.807, 2.05) is 25.1 Å². The molecule has 1 aromatic carbocycles. The van der Waals surface area contributed by atoms with Crippen molar-refractivity contribution in [3.05, 3.63) is 49.6 Å². The summed E-state index contributed by atoms with van der Waals surface area (Å²) in [7, 11) is 0. The van der Waals surface area contributed by atoms with Crippen molar-refractivity contribution in [3.8, 4) is 5.69 Å². The number of thiophene rings is 1. The summed E-state index contributed by atoms with van der Waals surface area (Å²) in [6.45, 7) is 4.08. The lowest BCUT2D eigenvalue weighted by Crippen LogP contribution is -2.41. The highest BCUT2D eigenvalue weighted by Crippen LogP contribution is 2.49. The van der Waals surface area contributed by atoms with Crippen molar-refractivity contribution >= 4 is 50.8 Å². The van der Waals surface area contributed by atoms with E-state index >= 15 is 0 Å². The average Bonchev–Trinajstić information content (AvgIpc) is 3.59. The second kappa shape index (κ2) is 9.80. The van der Waals surface area contributed by atoms with Gasteiger partial charge in [0.25, 0.3) is 5.56 Å². The van der Waals surface area contributed by atoms with Crippen LogP contribution in [0.3, 0.4) is 0 Å². The summed E-state index contributed by atoms with van der Waals surface area (Å²) in [6.07, 6.45) is 9.45. The minimum Gasteiger partial charge on any atom is -0.353 e. The monoisotopic (exact) mass is 541 g/mol. The van der Waals surface area contributed by atoms with Crippen LogP contribution in [0.5, 0.6) is 0 Å². The van der Waals surface area contributed by atoms with Crippen LogP contribution in [-0.4, -0.2) is 27.3 Å². The standard InChI is InChI=1S/C28H32ClN3O2S2/c1-15-21(29)7-5-8-22(15)32-27(34)25-19-6-3-4-9-23(19)36-26(25)31-28(32)35-14-24(33)30-16(2)20-13-17-10-11-18(20)12-17/h5,7-8,16-18,20H,3-4,6,9-14H2,1-2H3,(H,30,33). The molecule has 2 bridgehead atoms. The number of benzene rings is 1. The number of nitrogens with zero attached hydrogens (tertiary/aromatic N) is 2. The van der Waals surface area contributed by atoms with E-state index in [4.69, 9.17) is 16.6 Å². The molecule has 1 N–H and O–H groups in total. The molecule has 2 aromatic heterocycles. The lowest BCUT2D eigenvalue weighted by atomic mass is 9.84. The van der Waals surface area contributed by atoms with Gasteiger partial charge < -0.3 is 5.32 Å². The number of fused-ring (bicyclic) bond motifs is 5. The first-order valence-corrected chi connectivity index (χ1v) is 15.3. The maximum atomic E-state index is 14.0. The second-order valence-electron chi connectivity index (χ2n) is 10.8. The summed E-state index contributed by atoms with van der Waals surface area (Å²) in [5.74, 6) is 2.45. The van der Waals surface area contributed by atoms with E-state index in [1.165, 1.54) is 47.9 Å². The number of hydrogen-bond acceptors (Lipinski definition) is 5. The summed E-state index contributed by atoms with van der Waals surface area (Å²) in [6, 6.07) is 5.80. The van der Waals surface area contributed by atoms with Crippen molar-refractivity contribution in [1.82, 2.24) is 14.9 Å². The van der Waals surface area contributed by atoms with Gasteiger partial charge in [-0.15, -0.1) is 11.3 Å². The van der Waals surface area contributed by atoms with E-state index in [0.717, 1.165) is 59.0 Å². The van der Waals surface area contributed by atoms with Gasteiger partial charge in [-0.05, 0) is 99.8 Å². The fraction of sp³-hybridized carbons (Fsp3) is 0.536. The normalized spacial score (nSPS) is 23.7. The van der Waals surface area contributed by atoms with Crippen molar-refractivity contribution < 1.29 is 4.79 Å². The first-order valence-electron chi connectivity index (χ1n) is 13.2. The molecule has 5 nitrogen and oxygen atoms in total. The third-order valence-corrected chi connectivity index (χ3v) is 11.1. The quantitative estimate of drug-likeness (QED) is 0.293. The molecule has 0 spiro atoms. The number of rotatable bonds is 6. The molecule has 2 fully saturated rings. The van der Waals surface area contributed by atoms with E-state index in [-0.39, 0.29) is 23.3 Å². The first-order chi connectivity index (χ1) is 17.4. The van der Waals surface area contributed by atoms with Crippen LogP contribution in [0.15, 0.2) is 28.2 Å². The zero-order valence-electron chi connectivity index (χ0n) is 20.8. The molecule has 3 aromatic rings. The van der Waals surface area contributed by atoms with Gasteiger partial charge in [-0.2, -0.15) is 0 Å². The predicted molar refractivity (Wildman–Crippen MR) is 149 cm³/mol. The van der Waals surface area contributed by atoms with E-state index in [0.29, 0.717) is 16.1 Å². The van der Waals surface area contributed by atoms with Crippen LogP contribution in [-0.2, 0) is 17.6 Å². The predicted octanol–water partition coefficient (Wildman–Crippen LogP) is 6.32. The third-order valence-electron chi connectivity index (χ3n) is 8.59. The Morgan fingerprint density at radius 3 is 2.89 bits per heavy atom. The lowest BCUT2D eigenvalue weighted by molar-refractivity contribution is -0.119. The Labute approximate surface area is 225 Å². The molecule has 4 unspecified atom stereocenters. The summed E-state index contributed by atoms with van der Waals surface area (Å²) >= 11 is 9.44. The van der Waals surface area contributed by atoms with Crippen LogP contribution < -0.4 is 10.9 Å². The zero-order valence-corrected chi connectivity index (χ0v) is 23.2. The molecule has 0 radical (unpaired) electrons. The fourth-order valence-corrected chi connectivity index (χ4v) is 9.06. The van der Waals surface area contributed by atoms with Gasteiger partial charge in [-0.25, -0.2) is 4.98 Å². The van der Waals surface area contributed by atoms with Crippen molar-refractivity contribution in [3.63, 3.8) is 0 Å². The SMILES string of the molecule is Cc1c(Cl)cccc1-n1c(SCC(=O)NC(C)C2CC3CCC2C3)nc2sc3c(c2c1=O)CCCC3. The van der Waals surface area contributed by atoms with Crippen molar-refractivity contribution in [1.29, 1.82) is 0 Å². The molecule has 4 atom stereocenters. The van der Waals surface area contributed by atoms with Crippen LogP contribution in [0.2, 0.25) is 5.02 Å². The van der Waals surface area contributed by atoms with Crippen molar-refractivity contribution in [2.24, 2.45) is 17.8 Å². The average molecular weight is 542 g/mol. The fourth-order valence-electron chi connectivity index (χ4n) is 6.77. The molecule has 1 amide bonds. The van der Waals surface area contributed by atoms with E-state index in [9.17, 15) is 9.59 Å². The highest BCUT2D eigenvalue weighted by molar-refractivity contribution is 7.99. The van der Waals surface area contributed by atoms with Gasteiger partial charge in [0.05, 0.1) is 16.8 Å². The molecule has 2 saturated carbocycles. The highest BCUT2D eigenvalue weighted by atomic mass is 35.5. The number of carbonyl (C=O) groups excluding carboxylic acids is 1. The maximum absolute atomic E-state index is 14.0. The Balaban J connectivity index is 1.31. The van der Waals surface area contributed by atoms with E-state index in [2.05, 4.69) is 12.2 Å². The minimum absolute atomic E-state index is 0.00413. The molecule has 3 aliphatic rings. The Kier molecular flexibility index (Phi) is 6.67. The first kappa shape index (κ1) is 24.5. The van der Waals surface area contributed by atoms with Gasteiger partial charge in [0.2, 0.25) is 5.91 Å². The number of amides is 1. The number of aromatic nitrogens is 2. The van der Waals surface area contributed by atoms with Gasteiger partial charge in [-0.1, -0.05) is 35.9 Å². The van der Waals surface area contributed by atoms with Crippen LogP contribution in [0, 0.1) is 24.7 Å². The van der Waals surface area contributed by atoms with Crippen LogP contribution >= 0.6 is 34.7 Å². The maximum Gasteiger partial charge on any atom is 0.267 e. The molecule has 6 rings (SSSR count). The number of thioether (sulfide) groups is 1. The van der Waals surface area contributed by atoms with E-state index < -0.39 is 0 Å². The van der Waals surface area contributed by atoms with Crippen LogP contribution in [0.1, 0.15) is 61.5 Å². The lowest BCUT2D eigenvalue weighted by Gasteiger charge is -2.28. The summed E-state index contributed by atoms with van der Waals surface area (Å²) in [5, 5.41) is 5.16. The molecule has 0 saturated heterocycles. The Bertz CT molecular complexity index is 1400. The van der Waals surface area contributed by atoms with Crippen molar-refractivity contribution in [2.45, 2.75) is 76.4 Å². The van der Waals surface area contributed by atoms with Crippen molar-refractivity contribution in [2.75, 3.05) is 5.75 Å². The summed E-state index contributed by atoms with van der Waals surface area (Å²) in [5.41, 5.74) is 2.68. The zero-order chi connectivity index (χ0) is 25.0. The number of nitrogens with one attached hydrogen (secondary N) is 1. The molecule has 8 heteroatoms.